The summed E-state index contributed by atoms with van der Waals surface area (Å²) >= 11 is 0. The molecule has 0 bridgehead atoms. The molecule has 1 heterocycles. The number of rotatable bonds is 7. The molecule has 0 saturated carbocycles. The molecule has 1 unspecified atom stereocenters. The van der Waals surface area contributed by atoms with Gasteiger partial charge in [0.05, 0.1) is 6.04 Å². The summed E-state index contributed by atoms with van der Waals surface area (Å²) in [7, 11) is 3.65. The number of phenols is 1. The maximum Gasteiger partial charge on any atom is 0.325 e. The van der Waals surface area contributed by atoms with E-state index >= 15 is 0 Å². The van der Waals surface area contributed by atoms with E-state index in [1.54, 1.807) is 17.0 Å². The molecule has 0 aliphatic carbocycles. The van der Waals surface area contributed by atoms with Gasteiger partial charge in [0.25, 0.3) is 0 Å². The average Bonchev–Trinajstić information content (AvgIpc) is 2.76. The minimum absolute atomic E-state index is 0.184. The Balaban J connectivity index is 1.95. The van der Waals surface area contributed by atoms with Crippen molar-refractivity contribution in [1.29, 1.82) is 0 Å². The number of benzene rings is 2. The van der Waals surface area contributed by atoms with E-state index in [9.17, 15) is 24.6 Å². The number of hydrogen-bond donors (Lipinski definition) is 3. The van der Waals surface area contributed by atoms with Crippen molar-refractivity contribution in [1.82, 2.24) is 15.1 Å². The summed E-state index contributed by atoms with van der Waals surface area (Å²) in [5.74, 6) is -1.63. The van der Waals surface area contributed by atoms with Gasteiger partial charge < -0.3 is 20.4 Å². The van der Waals surface area contributed by atoms with Crippen molar-refractivity contribution in [2.75, 3.05) is 14.1 Å². The van der Waals surface area contributed by atoms with Crippen molar-refractivity contribution in [3.8, 4) is 5.75 Å². The fourth-order valence-corrected chi connectivity index (χ4v) is 4.53. The molecule has 1 aliphatic heterocycles. The highest BCUT2D eigenvalue weighted by Crippen LogP contribution is 2.27. The van der Waals surface area contributed by atoms with Gasteiger partial charge in [0.2, 0.25) is 11.8 Å². The van der Waals surface area contributed by atoms with Crippen LogP contribution in [0.1, 0.15) is 34.7 Å². The molecule has 0 radical (unpaired) electrons. The van der Waals surface area contributed by atoms with E-state index in [-0.39, 0.29) is 18.2 Å². The first kappa shape index (κ1) is 25.2. The van der Waals surface area contributed by atoms with Crippen LogP contribution in [0.3, 0.4) is 0 Å². The zero-order valence-corrected chi connectivity index (χ0v) is 20.3. The minimum atomic E-state index is -1.13. The molecule has 3 N–H and O–H groups in total. The van der Waals surface area contributed by atoms with Crippen LogP contribution < -0.4 is 5.32 Å². The number of amides is 2. The molecule has 8 heteroatoms. The van der Waals surface area contributed by atoms with Gasteiger partial charge in [-0.1, -0.05) is 24.3 Å². The molecule has 8 nitrogen and oxygen atoms in total. The van der Waals surface area contributed by atoms with Crippen LogP contribution in [0.4, 0.5) is 0 Å². The molecule has 2 aromatic rings. The van der Waals surface area contributed by atoms with Crippen LogP contribution in [0.15, 0.2) is 36.4 Å². The second kappa shape index (κ2) is 10.3. The molecule has 2 amide bonds. The van der Waals surface area contributed by atoms with E-state index in [2.05, 4.69) is 5.32 Å². The maximum absolute atomic E-state index is 13.9. The zero-order valence-electron chi connectivity index (χ0n) is 20.3. The van der Waals surface area contributed by atoms with Crippen molar-refractivity contribution in [2.45, 2.75) is 58.3 Å². The molecular weight excluding hydrogens is 434 g/mol. The standard InChI is InChI=1S/C26H33N3O5/c1-15-10-20(30)11-16(2)21(15)13-23(28(4)5)25(32)29-14-19-9-7-6-8-18(19)12-22(29)24(31)27-17(3)26(33)34/h6-11,17,22-23,30H,12-14H2,1-5H3,(H,27,31)(H,33,34)/t17-,22?,23+/m0/s1. The number of nitrogens with zero attached hydrogens (tertiary/aromatic N) is 2. The van der Waals surface area contributed by atoms with E-state index < -0.39 is 30.0 Å². The van der Waals surface area contributed by atoms with Gasteiger partial charge in [-0.2, -0.15) is 0 Å². The minimum Gasteiger partial charge on any atom is -0.508 e. The third-order valence-corrected chi connectivity index (χ3v) is 6.55. The summed E-state index contributed by atoms with van der Waals surface area (Å²) in [6.07, 6.45) is 0.735. The first-order valence-electron chi connectivity index (χ1n) is 11.4. The average molecular weight is 468 g/mol. The van der Waals surface area contributed by atoms with E-state index in [1.165, 1.54) is 6.92 Å². The first-order valence-corrected chi connectivity index (χ1v) is 11.4. The predicted octanol–water partition coefficient (Wildman–Crippen LogP) is 2.02. The lowest BCUT2D eigenvalue weighted by atomic mass is 9.90. The number of likely N-dealkylation sites (N-methyl/N-ethyl adjacent to an activating group) is 1. The Labute approximate surface area is 200 Å². The van der Waals surface area contributed by atoms with Crippen LogP contribution in [-0.4, -0.2) is 70.0 Å². The largest absolute Gasteiger partial charge is 0.508 e. The maximum atomic E-state index is 13.9. The molecule has 0 spiro atoms. The highest BCUT2D eigenvalue weighted by atomic mass is 16.4. The van der Waals surface area contributed by atoms with Crippen LogP contribution in [0.25, 0.3) is 0 Å². The third-order valence-electron chi connectivity index (χ3n) is 6.55. The monoisotopic (exact) mass is 467 g/mol. The van der Waals surface area contributed by atoms with E-state index in [1.807, 2.05) is 57.1 Å². The van der Waals surface area contributed by atoms with Gasteiger partial charge in [-0.05, 0) is 81.2 Å². The summed E-state index contributed by atoms with van der Waals surface area (Å²) in [5, 5.41) is 21.7. The number of fused-ring (bicyclic) bond motifs is 1. The Bertz CT molecular complexity index is 1070. The van der Waals surface area contributed by atoms with Crippen LogP contribution >= 0.6 is 0 Å². The second-order valence-corrected chi connectivity index (χ2v) is 9.26. The number of hydrogen-bond acceptors (Lipinski definition) is 5. The Hall–Kier alpha value is -3.39. The molecule has 0 saturated heterocycles. The van der Waals surface area contributed by atoms with E-state index in [4.69, 9.17) is 0 Å². The van der Waals surface area contributed by atoms with Gasteiger partial charge >= 0.3 is 5.97 Å². The Kier molecular flexibility index (Phi) is 7.61. The fourth-order valence-electron chi connectivity index (χ4n) is 4.53. The van der Waals surface area contributed by atoms with Crippen LogP contribution in [0.5, 0.6) is 5.75 Å². The topological polar surface area (TPSA) is 110 Å². The third kappa shape index (κ3) is 5.39. The smallest absolute Gasteiger partial charge is 0.325 e. The summed E-state index contributed by atoms with van der Waals surface area (Å²) in [4.78, 5) is 41.7. The Morgan fingerprint density at radius 1 is 1.12 bits per heavy atom. The van der Waals surface area contributed by atoms with Crippen molar-refractivity contribution < 1.29 is 24.6 Å². The van der Waals surface area contributed by atoms with Gasteiger partial charge in [-0.3, -0.25) is 19.3 Å². The van der Waals surface area contributed by atoms with Crippen LogP contribution in [0.2, 0.25) is 0 Å². The lowest BCUT2D eigenvalue weighted by Crippen LogP contribution is -2.58. The van der Waals surface area contributed by atoms with E-state index in [0.29, 0.717) is 12.8 Å². The highest BCUT2D eigenvalue weighted by molar-refractivity contribution is 5.92. The predicted molar refractivity (Wildman–Crippen MR) is 128 cm³/mol. The molecule has 2 aromatic carbocycles. The van der Waals surface area contributed by atoms with Crippen molar-refractivity contribution in [2.24, 2.45) is 0 Å². The van der Waals surface area contributed by atoms with Crippen molar-refractivity contribution >= 4 is 17.8 Å². The summed E-state index contributed by atoms with van der Waals surface area (Å²) < 4.78 is 0. The van der Waals surface area contributed by atoms with Crippen molar-refractivity contribution in [3.05, 3.63) is 64.2 Å². The number of nitrogens with one attached hydrogen (secondary N) is 1. The highest BCUT2D eigenvalue weighted by Gasteiger charge is 2.39. The molecule has 34 heavy (non-hydrogen) atoms. The summed E-state index contributed by atoms with van der Waals surface area (Å²) in [6, 6.07) is 8.63. The number of aryl methyl sites for hydroxylation is 2. The summed E-state index contributed by atoms with van der Waals surface area (Å²) in [6.45, 7) is 5.48. The number of carboxylic acid groups (broad SMARTS) is 1. The Morgan fingerprint density at radius 3 is 2.26 bits per heavy atom. The number of aromatic hydroxyl groups is 1. The molecule has 0 aromatic heterocycles. The van der Waals surface area contributed by atoms with Crippen LogP contribution in [-0.2, 0) is 33.8 Å². The fraction of sp³-hybridized carbons (Fsp3) is 0.423. The number of aliphatic carboxylic acids is 1. The lowest BCUT2D eigenvalue weighted by Gasteiger charge is -2.39. The number of carboxylic acids is 1. The number of carbonyl (C=O) groups is 3. The normalized spacial score (nSPS) is 17.1. The quantitative estimate of drug-likeness (QED) is 0.575. The molecule has 0 fully saturated rings. The van der Waals surface area contributed by atoms with Gasteiger partial charge in [-0.15, -0.1) is 0 Å². The lowest BCUT2D eigenvalue weighted by molar-refractivity contribution is -0.147. The van der Waals surface area contributed by atoms with Gasteiger partial charge in [0, 0.05) is 13.0 Å². The van der Waals surface area contributed by atoms with E-state index in [0.717, 1.165) is 27.8 Å². The first-order chi connectivity index (χ1) is 16.0. The molecule has 3 atom stereocenters. The zero-order chi connectivity index (χ0) is 25.2. The number of carbonyl (C=O) groups excluding carboxylic acids is 2. The second-order valence-electron chi connectivity index (χ2n) is 9.26. The molecule has 3 rings (SSSR count). The van der Waals surface area contributed by atoms with Gasteiger partial charge in [-0.25, -0.2) is 0 Å². The number of phenolic OH excluding ortho intramolecular Hbond substituents is 1. The molecule has 182 valence electrons. The summed E-state index contributed by atoms with van der Waals surface area (Å²) in [5.41, 5.74) is 4.71. The van der Waals surface area contributed by atoms with Gasteiger partial charge in [0.1, 0.15) is 17.8 Å². The SMILES string of the molecule is Cc1cc(O)cc(C)c1C[C@H](C(=O)N1Cc2ccccc2CC1C(=O)N[C@@H](C)C(=O)O)N(C)C. The molecule has 1 aliphatic rings. The van der Waals surface area contributed by atoms with Crippen LogP contribution in [0, 0.1) is 13.8 Å². The van der Waals surface area contributed by atoms with Crippen molar-refractivity contribution in [3.63, 3.8) is 0 Å². The van der Waals surface area contributed by atoms with Gasteiger partial charge in [0.15, 0.2) is 0 Å². The molecular formula is C26H33N3O5. The Morgan fingerprint density at radius 2 is 1.71 bits per heavy atom.